The van der Waals surface area contributed by atoms with Crippen molar-refractivity contribution in [3.63, 3.8) is 0 Å². The minimum atomic E-state index is -0.803. The fourth-order valence-electron chi connectivity index (χ4n) is 3.04. The van der Waals surface area contributed by atoms with E-state index >= 15 is 0 Å². The molecule has 3 unspecified atom stereocenters. The van der Waals surface area contributed by atoms with Gasteiger partial charge in [0.2, 0.25) is 0 Å². The second kappa shape index (κ2) is 6.73. The van der Waals surface area contributed by atoms with Crippen molar-refractivity contribution in [2.24, 2.45) is 16.7 Å². The molecule has 1 aliphatic carbocycles. The van der Waals surface area contributed by atoms with Crippen molar-refractivity contribution in [1.82, 2.24) is 5.32 Å². The van der Waals surface area contributed by atoms with E-state index in [4.69, 9.17) is 4.74 Å². The monoisotopic (exact) mass is 472 g/mol. The Balaban J connectivity index is 2.79. The Hall–Kier alpha value is -0.165. The Labute approximate surface area is 136 Å². The summed E-state index contributed by atoms with van der Waals surface area (Å²) in [6.45, 7) is 6.18. The van der Waals surface area contributed by atoms with Gasteiger partial charge in [0.25, 0.3) is 0 Å². The van der Waals surface area contributed by atoms with Gasteiger partial charge in [0, 0.05) is 0 Å². The number of carboxylic acids is 1. The summed E-state index contributed by atoms with van der Waals surface area (Å²) in [6, 6.07) is 0. The van der Waals surface area contributed by atoms with Gasteiger partial charge in [0.15, 0.2) is 0 Å². The van der Waals surface area contributed by atoms with Gasteiger partial charge in [-0.15, -0.1) is 0 Å². The van der Waals surface area contributed by atoms with Gasteiger partial charge >= 0.3 is 137 Å². The number of ether oxygens (including phenoxy) is 1. The first-order valence-corrected chi connectivity index (χ1v) is 10.9. The van der Waals surface area contributed by atoms with Crippen LogP contribution >= 0.6 is 0 Å². The summed E-state index contributed by atoms with van der Waals surface area (Å²) < 4.78 is 6.32. The van der Waals surface area contributed by atoms with Gasteiger partial charge in [-0.1, -0.05) is 0 Å². The number of methoxy groups -OCH3 is 1. The molecule has 0 bridgehead atoms. The molecule has 3 atom stereocenters. The van der Waals surface area contributed by atoms with Crippen molar-refractivity contribution in [2.45, 2.75) is 43.6 Å². The molecule has 0 saturated heterocycles. The topological polar surface area (TPSA) is 75.6 Å². The molecular formula is C14H24HgNO4+. The number of amides is 1. The average Bonchev–Trinajstić information content (AvgIpc) is 2.62. The minimum absolute atomic E-state index is 0.0462. The van der Waals surface area contributed by atoms with Crippen LogP contribution in [0.15, 0.2) is 0 Å². The van der Waals surface area contributed by atoms with Crippen molar-refractivity contribution in [3.05, 3.63) is 0 Å². The fourth-order valence-corrected chi connectivity index (χ4v) is 4.75. The van der Waals surface area contributed by atoms with Crippen molar-refractivity contribution in [3.8, 4) is 0 Å². The molecule has 1 saturated carbocycles. The van der Waals surface area contributed by atoms with Crippen LogP contribution in [0.5, 0.6) is 0 Å². The number of carbonyl (C=O) groups is 2. The Morgan fingerprint density at radius 3 is 2.45 bits per heavy atom. The van der Waals surface area contributed by atoms with E-state index in [2.05, 4.69) is 5.32 Å². The zero-order chi connectivity index (χ0) is 15.6. The molecule has 0 aromatic carbocycles. The summed E-state index contributed by atoms with van der Waals surface area (Å²) in [5.41, 5.74) is -1.18. The molecule has 20 heavy (non-hydrogen) atoms. The molecule has 0 aromatic heterocycles. The van der Waals surface area contributed by atoms with Crippen LogP contribution < -0.4 is 5.32 Å². The third-order valence-corrected chi connectivity index (χ3v) is 7.67. The number of aliphatic carboxylic acids is 1. The molecule has 0 radical (unpaired) electrons. The zero-order valence-electron chi connectivity index (χ0n) is 12.9. The van der Waals surface area contributed by atoms with Crippen LogP contribution in [-0.2, 0) is 40.4 Å². The number of hydrogen-bond acceptors (Lipinski definition) is 3. The summed E-state index contributed by atoms with van der Waals surface area (Å²) in [6.07, 6.45) is 1.26. The maximum absolute atomic E-state index is 12.5. The van der Waals surface area contributed by atoms with Crippen LogP contribution in [0, 0.1) is 16.7 Å². The first-order valence-electron chi connectivity index (χ1n) is 7.04. The summed E-state index contributed by atoms with van der Waals surface area (Å²) in [5.74, 6) is -1.31. The standard InChI is InChI=1S/C14H24NO4.Hg/c1-9(19-5)8-15-12(18)14(4)7-6-10(11(16)17)13(14,2)3;/h9-10H,1,6-8H2,2-5H3,(H,15,18)(H,16,17);/q;+1. The predicted octanol–water partition coefficient (Wildman–Crippen LogP) is 1.61. The predicted molar refractivity (Wildman–Crippen MR) is 70.9 cm³/mol. The van der Waals surface area contributed by atoms with E-state index in [0.29, 0.717) is 45.5 Å². The molecule has 1 aliphatic rings. The molecule has 1 amide bonds. The van der Waals surface area contributed by atoms with Gasteiger partial charge in [-0.05, 0) is 0 Å². The van der Waals surface area contributed by atoms with Gasteiger partial charge in [0.1, 0.15) is 0 Å². The molecule has 1 rings (SSSR count). The van der Waals surface area contributed by atoms with Crippen molar-refractivity contribution in [2.75, 3.05) is 13.7 Å². The van der Waals surface area contributed by atoms with Crippen LogP contribution in [0.25, 0.3) is 0 Å². The average molecular weight is 471 g/mol. The summed E-state index contributed by atoms with van der Waals surface area (Å²) in [7, 11) is 1.66. The van der Waals surface area contributed by atoms with Crippen molar-refractivity contribution in [1.29, 1.82) is 0 Å². The van der Waals surface area contributed by atoms with Gasteiger partial charge in [-0.3, -0.25) is 0 Å². The molecular weight excluding hydrogens is 447 g/mol. The number of hydrogen-bond donors (Lipinski definition) is 2. The molecule has 0 aromatic rings. The van der Waals surface area contributed by atoms with Gasteiger partial charge in [0.05, 0.1) is 0 Å². The summed E-state index contributed by atoms with van der Waals surface area (Å²) in [5, 5.41) is 12.3. The van der Waals surface area contributed by atoms with Crippen molar-refractivity contribution >= 4 is 11.9 Å². The Morgan fingerprint density at radius 2 is 2.05 bits per heavy atom. The molecule has 0 heterocycles. The number of carboxylic acid groups (broad SMARTS) is 1. The van der Waals surface area contributed by atoms with E-state index in [-0.39, 0.29) is 12.0 Å². The first kappa shape index (κ1) is 17.9. The van der Waals surface area contributed by atoms with Gasteiger partial charge < -0.3 is 0 Å². The maximum atomic E-state index is 12.5. The third kappa shape index (κ3) is 3.19. The normalized spacial score (nSPS) is 30.0. The van der Waals surface area contributed by atoms with E-state index in [0.717, 1.165) is 3.93 Å². The number of carbonyl (C=O) groups excluding carboxylic acids is 1. The Kier molecular flexibility index (Phi) is 6.02. The first-order chi connectivity index (χ1) is 9.20. The fraction of sp³-hybridized carbons (Fsp3) is 0.857. The van der Waals surface area contributed by atoms with E-state index in [1.165, 1.54) is 0 Å². The van der Waals surface area contributed by atoms with E-state index in [1.54, 1.807) is 7.11 Å². The summed E-state index contributed by atoms with van der Waals surface area (Å²) >= 11 is 0.635. The molecule has 6 heteroatoms. The van der Waals surface area contributed by atoms with E-state index < -0.39 is 22.7 Å². The molecule has 0 spiro atoms. The second-order valence-corrected chi connectivity index (χ2v) is 8.58. The van der Waals surface area contributed by atoms with Crippen LogP contribution in [0.3, 0.4) is 0 Å². The quantitative estimate of drug-likeness (QED) is 0.578. The van der Waals surface area contributed by atoms with E-state index in [1.807, 2.05) is 20.8 Å². The molecule has 2 N–H and O–H groups in total. The molecule has 110 valence electrons. The van der Waals surface area contributed by atoms with Crippen LogP contribution in [-0.4, -0.2) is 36.7 Å². The van der Waals surface area contributed by atoms with Crippen LogP contribution in [0.1, 0.15) is 33.6 Å². The number of rotatable bonds is 6. The third-order valence-electron chi connectivity index (χ3n) is 5.17. The van der Waals surface area contributed by atoms with Gasteiger partial charge in [-0.2, -0.15) is 0 Å². The van der Waals surface area contributed by atoms with Crippen molar-refractivity contribution < 1.29 is 45.6 Å². The number of nitrogens with one attached hydrogen (secondary N) is 1. The van der Waals surface area contributed by atoms with E-state index in [9.17, 15) is 14.7 Å². The van der Waals surface area contributed by atoms with Crippen LogP contribution in [0.2, 0.25) is 3.93 Å². The summed E-state index contributed by atoms with van der Waals surface area (Å²) in [4.78, 5) is 23.9. The molecule has 0 aliphatic heterocycles. The molecule has 1 fully saturated rings. The SMILES string of the molecule is COC([CH2][Hg+])CNC(=O)C1(C)CCC(C(=O)O)C1(C)C. The van der Waals surface area contributed by atoms with Crippen LogP contribution in [0.4, 0.5) is 0 Å². The second-order valence-electron chi connectivity index (χ2n) is 6.34. The Morgan fingerprint density at radius 1 is 1.45 bits per heavy atom. The zero-order valence-corrected chi connectivity index (χ0v) is 18.4. The van der Waals surface area contributed by atoms with Gasteiger partial charge in [-0.25, -0.2) is 0 Å². The molecule has 5 nitrogen and oxygen atoms in total. The Bertz CT molecular complexity index is 381.